The molecule has 0 saturated carbocycles. The molecule has 13 rings (SSSR count). The fourth-order valence-electron chi connectivity index (χ4n) is 10.2. The van der Waals surface area contributed by atoms with Gasteiger partial charge in [-0.05, 0) is 87.7 Å². The van der Waals surface area contributed by atoms with Crippen molar-refractivity contribution >= 4 is 54.6 Å². The van der Waals surface area contributed by atoms with Crippen LogP contribution >= 0.6 is 0 Å². The Bertz CT molecular complexity index is 4620. The largest absolute Gasteiger partial charge is 0.458 e. The molecule has 0 saturated heterocycles. The Labute approximate surface area is 432 Å². The van der Waals surface area contributed by atoms with Gasteiger partial charge < -0.3 is 9.30 Å². The number of fused-ring (bicyclic) bond motifs is 7. The molecule has 0 aliphatic heterocycles. The highest BCUT2D eigenvalue weighted by Gasteiger charge is 2.26. The number of ether oxygens (including phenoxy) is 1. The molecule has 0 spiro atoms. The Morgan fingerprint density at radius 3 is 1.79 bits per heavy atom. The SMILES string of the molecule is [2H]c1c([2H])c([2H])c(-c2cccc(-c3c([2H])c([2H])c([2H])c([2H])c3[2H])c2-[n+]2[c-]n(-c3cccc(Oc4cc(-n5c6ccccc6c6ccccc65)c5c6ccccc6n(-c6cc(C(C)C(C)(C)C)ccn6)c5c4)c3)c3ccccc32)c([2H])c1[2H]. The van der Waals surface area contributed by atoms with E-state index in [9.17, 15) is 0 Å². The van der Waals surface area contributed by atoms with Crippen LogP contribution in [0.5, 0.6) is 11.5 Å². The second-order valence-corrected chi connectivity index (χ2v) is 19.2. The minimum absolute atomic E-state index is 0.000610. The summed E-state index contributed by atoms with van der Waals surface area (Å²) < 4.78 is 103. The normalized spacial score (nSPS) is 14.3. The molecule has 6 nitrogen and oxygen atoms in total. The maximum Gasteiger partial charge on any atom is 0.269 e. The fraction of sp³-hybridized carbons (Fsp3) is 0.0909. The molecule has 6 heteroatoms. The first-order chi connectivity index (χ1) is 39.4. The molecule has 4 heterocycles. The van der Waals surface area contributed by atoms with Crippen LogP contribution in [0.3, 0.4) is 0 Å². The molecule has 1 atom stereocenters. The van der Waals surface area contributed by atoms with Crippen LogP contribution in [0.2, 0.25) is 0 Å². The number of aromatic nitrogens is 5. The van der Waals surface area contributed by atoms with Gasteiger partial charge in [0.25, 0.3) is 6.33 Å². The van der Waals surface area contributed by atoms with Crippen molar-refractivity contribution in [2.45, 2.75) is 33.6 Å². The van der Waals surface area contributed by atoms with Crippen molar-refractivity contribution in [2.75, 3.05) is 0 Å². The van der Waals surface area contributed by atoms with Crippen LogP contribution in [0.4, 0.5) is 0 Å². The summed E-state index contributed by atoms with van der Waals surface area (Å²) in [5, 5.41) is 4.29. The first-order valence-corrected chi connectivity index (χ1v) is 24.0. The van der Waals surface area contributed by atoms with Gasteiger partial charge in [-0.1, -0.05) is 191 Å². The Kier molecular flexibility index (Phi) is 7.98. The van der Waals surface area contributed by atoms with Crippen LogP contribution in [0.25, 0.3) is 99.8 Å². The molecule has 4 aromatic heterocycles. The van der Waals surface area contributed by atoms with Gasteiger partial charge in [-0.2, -0.15) is 0 Å². The predicted octanol–water partition coefficient (Wildman–Crippen LogP) is 16.6. The number of hydrogen-bond donors (Lipinski definition) is 0. The van der Waals surface area contributed by atoms with Crippen LogP contribution in [0.15, 0.2) is 230 Å². The number of rotatable bonds is 9. The Morgan fingerprint density at radius 1 is 0.556 bits per heavy atom. The maximum atomic E-state index is 9.13. The minimum atomic E-state index is -0.571. The third kappa shape index (κ3) is 7.17. The van der Waals surface area contributed by atoms with Gasteiger partial charge in [-0.25, -0.2) is 4.98 Å². The van der Waals surface area contributed by atoms with E-state index < -0.39 is 60.4 Å². The topological polar surface area (TPSA) is 40.8 Å². The summed E-state index contributed by atoms with van der Waals surface area (Å²) in [7, 11) is 0. The molecule has 9 aromatic carbocycles. The molecule has 0 bridgehead atoms. The number of imidazole rings is 1. The van der Waals surface area contributed by atoms with Crippen molar-refractivity contribution in [3.63, 3.8) is 0 Å². The van der Waals surface area contributed by atoms with Gasteiger partial charge in [0.2, 0.25) is 0 Å². The lowest BCUT2D eigenvalue weighted by molar-refractivity contribution is -0.571. The van der Waals surface area contributed by atoms with Gasteiger partial charge in [0, 0.05) is 39.9 Å². The van der Waals surface area contributed by atoms with E-state index in [0.717, 1.165) is 55.1 Å². The predicted molar refractivity (Wildman–Crippen MR) is 295 cm³/mol. The van der Waals surface area contributed by atoms with E-state index in [4.69, 9.17) is 23.4 Å². The van der Waals surface area contributed by atoms with Crippen molar-refractivity contribution < 1.29 is 23.0 Å². The molecule has 346 valence electrons. The lowest BCUT2D eigenvalue weighted by atomic mass is 9.78. The quantitative estimate of drug-likeness (QED) is 0.107. The Morgan fingerprint density at radius 2 is 1.14 bits per heavy atom. The lowest BCUT2D eigenvalue weighted by Crippen LogP contribution is -2.31. The number of hydrogen-bond acceptors (Lipinski definition) is 2. The standard InChI is InChI=1S/C66H51N5O/c1-44(66(2,3)4)47-37-38-67-63(39-47)71-58-34-16-13-29-55(58)64-61(70-56-32-14-11-27-53(56)54-28-12-15-33-57(54)70)41-50(42-62(64)71)72-49-26-19-25-48(40-49)68-43-69(60-36-18-17-35-59(60)68)65-51(45-21-7-5-8-22-45)30-20-31-52(65)46-23-9-6-10-24-46/h5-42,44H,1-4H3/i5D,6D,7D,8D,9D,10D,21D,22D,23D,24D. The fourth-order valence-corrected chi connectivity index (χ4v) is 10.2. The Balaban J connectivity index is 1.03. The van der Waals surface area contributed by atoms with Crippen molar-refractivity contribution in [1.29, 1.82) is 0 Å². The molecule has 0 aliphatic carbocycles. The number of pyridine rings is 1. The van der Waals surface area contributed by atoms with Crippen LogP contribution < -0.4 is 9.30 Å². The zero-order valence-electron chi connectivity index (χ0n) is 49.9. The monoisotopic (exact) mass is 939 g/mol. The number of benzene rings is 9. The third-order valence-electron chi connectivity index (χ3n) is 14.0. The van der Waals surface area contributed by atoms with Crippen LogP contribution in [0.1, 0.15) is 52.9 Å². The maximum absolute atomic E-state index is 9.13. The average Bonchev–Trinajstić information content (AvgIpc) is 2.81. The van der Waals surface area contributed by atoms with Gasteiger partial charge in [0.05, 0.1) is 63.9 Å². The van der Waals surface area contributed by atoms with E-state index in [1.54, 1.807) is 22.8 Å². The van der Waals surface area contributed by atoms with Crippen molar-refractivity contribution in [1.82, 2.24) is 18.7 Å². The van der Waals surface area contributed by atoms with Gasteiger partial charge in [-0.3, -0.25) is 13.7 Å². The second-order valence-electron chi connectivity index (χ2n) is 19.2. The number of para-hydroxylation sites is 6. The van der Waals surface area contributed by atoms with Crippen molar-refractivity contribution in [3.05, 3.63) is 242 Å². The van der Waals surface area contributed by atoms with Crippen LogP contribution in [-0.4, -0.2) is 18.7 Å². The van der Waals surface area contributed by atoms with Gasteiger partial charge >= 0.3 is 0 Å². The molecule has 0 aliphatic rings. The molecule has 0 radical (unpaired) electrons. The van der Waals surface area contributed by atoms with E-state index in [-0.39, 0.29) is 39.3 Å². The van der Waals surface area contributed by atoms with E-state index in [1.165, 1.54) is 5.56 Å². The molecule has 1 unspecified atom stereocenters. The minimum Gasteiger partial charge on any atom is -0.458 e. The summed E-state index contributed by atoms with van der Waals surface area (Å²) >= 11 is 0. The molecule has 0 amide bonds. The van der Waals surface area contributed by atoms with Crippen molar-refractivity contribution in [3.8, 4) is 56.6 Å². The van der Waals surface area contributed by atoms with Crippen LogP contribution in [-0.2, 0) is 0 Å². The highest BCUT2D eigenvalue weighted by atomic mass is 16.5. The summed E-state index contributed by atoms with van der Waals surface area (Å²) in [6, 6.07) is 48.3. The average molecular weight is 940 g/mol. The highest BCUT2D eigenvalue weighted by Crippen LogP contribution is 2.44. The zero-order valence-corrected chi connectivity index (χ0v) is 39.9. The molecule has 13 aromatic rings. The smallest absolute Gasteiger partial charge is 0.269 e. The molecular weight excluding hydrogens is 879 g/mol. The van der Waals surface area contributed by atoms with Crippen LogP contribution in [0, 0.1) is 11.7 Å². The summed E-state index contributed by atoms with van der Waals surface area (Å²) in [5.41, 5.74) is 8.03. The third-order valence-corrected chi connectivity index (χ3v) is 14.0. The summed E-state index contributed by atoms with van der Waals surface area (Å²) in [4.78, 5) is 5.05. The van der Waals surface area contributed by atoms with Gasteiger partial charge in [-0.15, -0.1) is 0 Å². The van der Waals surface area contributed by atoms with Gasteiger partial charge in [0.1, 0.15) is 17.3 Å². The van der Waals surface area contributed by atoms with E-state index >= 15 is 0 Å². The highest BCUT2D eigenvalue weighted by molar-refractivity contribution is 6.16. The Hall–Kier alpha value is -9.00. The first kappa shape index (κ1) is 33.5. The first-order valence-electron chi connectivity index (χ1n) is 29.0. The molecule has 0 fully saturated rings. The summed E-state index contributed by atoms with van der Waals surface area (Å²) in [6.07, 6.45) is 5.39. The zero-order chi connectivity index (χ0) is 57.2. The second kappa shape index (κ2) is 17.1. The molecule has 0 N–H and O–H groups in total. The molecule has 72 heavy (non-hydrogen) atoms. The lowest BCUT2D eigenvalue weighted by Gasteiger charge is -2.27. The van der Waals surface area contributed by atoms with Gasteiger partial charge in [0.15, 0.2) is 0 Å². The van der Waals surface area contributed by atoms with E-state index in [0.29, 0.717) is 28.2 Å². The summed E-state index contributed by atoms with van der Waals surface area (Å²) in [6.45, 7) is 9.01. The molecular formula is C66H51N5O. The summed E-state index contributed by atoms with van der Waals surface area (Å²) in [5.74, 6) is 2.05. The van der Waals surface area contributed by atoms with Crippen molar-refractivity contribution in [2.24, 2.45) is 5.41 Å². The number of nitrogens with zero attached hydrogens (tertiary/aromatic N) is 5. The van der Waals surface area contributed by atoms with E-state index in [2.05, 4.69) is 140 Å². The van der Waals surface area contributed by atoms with E-state index in [1.807, 2.05) is 59.3 Å².